The van der Waals surface area contributed by atoms with Crippen LogP contribution in [0.3, 0.4) is 0 Å². The predicted molar refractivity (Wildman–Crippen MR) is 146 cm³/mol. The van der Waals surface area contributed by atoms with Crippen LogP contribution in [0.4, 0.5) is 17.1 Å². The third-order valence-corrected chi connectivity index (χ3v) is 9.83. The van der Waals surface area contributed by atoms with E-state index in [2.05, 4.69) is 17.1 Å². The summed E-state index contributed by atoms with van der Waals surface area (Å²) in [6, 6.07) is 12.6. The number of amides is 1. The highest BCUT2D eigenvalue weighted by Crippen LogP contribution is 2.61. The Morgan fingerprint density at radius 3 is 2.16 bits per heavy atom. The lowest BCUT2D eigenvalue weighted by atomic mass is 9.48. The highest BCUT2D eigenvalue weighted by atomic mass is 35.5. The number of rotatable bonds is 6. The monoisotopic (exact) mass is 522 g/mol. The smallest absolute Gasteiger partial charge is 0.292 e. The number of nitro groups is 1. The van der Waals surface area contributed by atoms with Gasteiger partial charge in [0.2, 0.25) is 0 Å². The molecule has 2 aromatic carbocycles. The molecular formula is C29H35ClN4O3. The quantitative estimate of drug-likeness (QED) is 0.359. The van der Waals surface area contributed by atoms with Crippen LogP contribution in [0.2, 0.25) is 5.02 Å². The number of anilines is 2. The molecule has 2 aromatic rings. The maximum atomic E-state index is 12.9. The van der Waals surface area contributed by atoms with Crippen molar-refractivity contribution in [3.05, 3.63) is 63.2 Å². The van der Waals surface area contributed by atoms with Crippen LogP contribution in [0, 0.1) is 33.3 Å². The van der Waals surface area contributed by atoms with Crippen molar-refractivity contribution in [1.29, 1.82) is 0 Å². The molecule has 5 aliphatic rings. The van der Waals surface area contributed by atoms with Crippen LogP contribution in [0.25, 0.3) is 0 Å². The zero-order chi connectivity index (χ0) is 25.7. The van der Waals surface area contributed by atoms with E-state index in [0.717, 1.165) is 23.4 Å². The molecule has 4 saturated carbocycles. The van der Waals surface area contributed by atoms with E-state index >= 15 is 0 Å². The van der Waals surface area contributed by atoms with Gasteiger partial charge in [-0.3, -0.25) is 14.9 Å². The molecule has 4 aliphatic carbocycles. The largest absolute Gasteiger partial charge is 0.376 e. The summed E-state index contributed by atoms with van der Waals surface area (Å²) < 4.78 is 0. The number of hydrogen-bond acceptors (Lipinski definition) is 5. The average molecular weight is 523 g/mol. The first-order valence-corrected chi connectivity index (χ1v) is 14.0. The van der Waals surface area contributed by atoms with Crippen molar-refractivity contribution in [2.24, 2.45) is 23.2 Å². The Labute approximate surface area is 223 Å². The molecule has 0 aromatic heterocycles. The number of piperazine rings is 1. The minimum Gasteiger partial charge on any atom is -0.376 e. The first-order valence-electron chi connectivity index (χ1n) is 13.6. The second kappa shape index (κ2) is 9.50. The van der Waals surface area contributed by atoms with E-state index in [4.69, 9.17) is 11.6 Å². The molecule has 0 spiro atoms. The lowest BCUT2D eigenvalue weighted by Crippen LogP contribution is -2.53. The van der Waals surface area contributed by atoms with E-state index in [1.165, 1.54) is 38.5 Å². The fourth-order valence-electron chi connectivity index (χ4n) is 8.03. The maximum absolute atomic E-state index is 12.9. The van der Waals surface area contributed by atoms with E-state index in [-0.39, 0.29) is 28.0 Å². The van der Waals surface area contributed by atoms with E-state index < -0.39 is 0 Å². The number of halogens is 1. The SMILES string of the molecule is C[C@@H](Nc1cc(N2CCN(C(=O)c3ccc(Cl)cc3)CC2)ccc1[N+](=O)[O-])C12CC3CC(CC(C3)C1)C2. The topological polar surface area (TPSA) is 78.7 Å². The van der Waals surface area contributed by atoms with Gasteiger partial charge in [0, 0.05) is 54.6 Å². The summed E-state index contributed by atoms with van der Waals surface area (Å²) in [4.78, 5) is 28.6. The van der Waals surface area contributed by atoms with Crippen molar-refractivity contribution in [3.8, 4) is 0 Å². The Morgan fingerprint density at radius 2 is 1.59 bits per heavy atom. The third kappa shape index (κ3) is 4.67. The number of nitrogens with zero attached hydrogens (tertiary/aromatic N) is 3. The summed E-state index contributed by atoms with van der Waals surface area (Å²) in [7, 11) is 0. The van der Waals surface area contributed by atoms with Crippen LogP contribution in [0.1, 0.15) is 55.8 Å². The molecule has 1 heterocycles. The third-order valence-electron chi connectivity index (χ3n) is 9.58. The average Bonchev–Trinajstić information content (AvgIpc) is 2.88. The molecule has 5 fully saturated rings. The Bertz CT molecular complexity index is 1160. The minimum absolute atomic E-state index is 0.00627. The van der Waals surface area contributed by atoms with Crippen molar-refractivity contribution in [2.45, 2.75) is 51.5 Å². The molecule has 1 amide bonds. The summed E-state index contributed by atoms with van der Waals surface area (Å²) in [5.74, 6) is 2.52. The number of nitrogens with one attached hydrogen (secondary N) is 1. The van der Waals surface area contributed by atoms with E-state index in [1.54, 1.807) is 30.3 Å². The van der Waals surface area contributed by atoms with Gasteiger partial charge in [-0.25, -0.2) is 0 Å². The van der Waals surface area contributed by atoms with Gasteiger partial charge in [0.25, 0.3) is 11.6 Å². The van der Waals surface area contributed by atoms with Crippen LogP contribution in [0.15, 0.2) is 42.5 Å². The summed E-state index contributed by atoms with van der Waals surface area (Å²) in [6.07, 6.45) is 7.91. The highest BCUT2D eigenvalue weighted by Gasteiger charge is 2.53. The molecule has 7 nitrogen and oxygen atoms in total. The molecule has 7 rings (SSSR count). The summed E-state index contributed by atoms with van der Waals surface area (Å²) in [5.41, 5.74) is 2.61. The molecule has 1 atom stereocenters. The number of nitro benzene ring substituents is 1. The van der Waals surface area contributed by atoms with E-state index in [9.17, 15) is 14.9 Å². The standard InChI is InChI=1S/C29H35ClN4O3/c1-19(29-16-20-12-21(17-29)14-22(13-20)18-29)31-26-15-25(6-7-27(26)34(36)37)32-8-10-33(11-9-32)28(35)23-2-4-24(30)5-3-23/h2-7,15,19-22,31H,8-14,16-18H2,1H3/t19-,20?,21?,22?,29?/m1/s1. The fraction of sp³-hybridized carbons (Fsp3) is 0.552. The lowest BCUT2D eigenvalue weighted by Gasteiger charge is -2.59. The number of carbonyl (C=O) groups excluding carboxylic acids is 1. The van der Waals surface area contributed by atoms with Crippen molar-refractivity contribution in [2.75, 3.05) is 36.4 Å². The lowest BCUT2D eigenvalue weighted by molar-refractivity contribution is -0.384. The summed E-state index contributed by atoms with van der Waals surface area (Å²) >= 11 is 5.96. The van der Waals surface area contributed by atoms with Crippen LogP contribution in [-0.2, 0) is 0 Å². The van der Waals surface area contributed by atoms with Crippen molar-refractivity contribution in [1.82, 2.24) is 4.90 Å². The second-order valence-electron chi connectivity index (χ2n) is 11.9. The van der Waals surface area contributed by atoms with Gasteiger partial charge < -0.3 is 15.1 Å². The predicted octanol–water partition coefficient (Wildman–Crippen LogP) is 6.23. The number of benzene rings is 2. The van der Waals surface area contributed by atoms with Crippen molar-refractivity contribution < 1.29 is 9.72 Å². The summed E-state index contributed by atoms with van der Waals surface area (Å²) in [5, 5.41) is 16.2. The maximum Gasteiger partial charge on any atom is 0.292 e. The van der Waals surface area contributed by atoms with Crippen molar-refractivity contribution in [3.63, 3.8) is 0 Å². The van der Waals surface area contributed by atoms with Gasteiger partial charge in [-0.2, -0.15) is 0 Å². The first-order chi connectivity index (χ1) is 17.8. The first kappa shape index (κ1) is 24.5. The molecule has 8 heteroatoms. The van der Waals surface area contributed by atoms with Gasteiger partial charge in [-0.15, -0.1) is 0 Å². The van der Waals surface area contributed by atoms with Gasteiger partial charge in [0.05, 0.1) is 4.92 Å². The molecule has 1 aliphatic heterocycles. The van der Waals surface area contributed by atoms with Crippen LogP contribution in [0.5, 0.6) is 0 Å². The molecule has 196 valence electrons. The Kier molecular flexibility index (Phi) is 6.30. The van der Waals surface area contributed by atoms with Gasteiger partial charge in [0.1, 0.15) is 5.69 Å². The molecule has 1 saturated heterocycles. The molecule has 1 N–H and O–H groups in total. The normalized spacial score (nSPS) is 29.3. The Hall–Kier alpha value is -2.80. The van der Waals surface area contributed by atoms with Crippen molar-refractivity contribution >= 4 is 34.6 Å². The molecule has 0 radical (unpaired) electrons. The molecule has 0 unspecified atom stereocenters. The molecule has 4 bridgehead atoms. The highest BCUT2D eigenvalue weighted by molar-refractivity contribution is 6.30. The molecule has 37 heavy (non-hydrogen) atoms. The van der Waals surface area contributed by atoms with Gasteiger partial charge >= 0.3 is 0 Å². The summed E-state index contributed by atoms with van der Waals surface area (Å²) in [6.45, 7) is 4.81. The van der Waals surface area contributed by atoms with E-state index in [0.29, 0.717) is 42.5 Å². The number of hydrogen-bond donors (Lipinski definition) is 1. The molecular weight excluding hydrogens is 488 g/mol. The van der Waals surface area contributed by atoms with Gasteiger partial charge in [-0.05, 0) is 105 Å². The Morgan fingerprint density at radius 1 is 1.00 bits per heavy atom. The van der Waals surface area contributed by atoms with Gasteiger partial charge in [0.15, 0.2) is 0 Å². The zero-order valence-electron chi connectivity index (χ0n) is 21.4. The number of carbonyl (C=O) groups is 1. The van der Waals surface area contributed by atoms with Crippen LogP contribution >= 0.6 is 11.6 Å². The van der Waals surface area contributed by atoms with Crippen LogP contribution < -0.4 is 10.2 Å². The zero-order valence-corrected chi connectivity index (χ0v) is 22.1. The Balaban J connectivity index is 1.16. The van der Waals surface area contributed by atoms with Crippen LogP contribution in [-0.4, -0.2) is 48.0 Å². The van der Waals surface area contributed by atoms with Gasteiger partial charge in [-0.1, -0.05) is 11.6 Å². The fourth-order valence-corrected chi connectivity index (χ4v) is 8.16. The second-order valence-corrected chi connectivity index (χ2v) is 12.3. The minimum atomic E-state index is -0.277. The van der Waals surface area contributed by atoms with E-state index in [1.807, 2.05) is 17.0 Å².